The van der Waals surface area contributed by atoms with Crippen molar-refractivity contribution < 1.29 is 14.3 Å². The van der Waals surface area contributed by atoms with Crippen molar-refractivity contribution in [3.05, 3.63) is 28.4 Å². The number of benzene rings is 1. The maximum Gasteiger partial charge on any atom is 0.252 e. The van der Waals surface area contributed by atoms with Crippen LogP contribution in [0, 0.1) is 10.7 Å². The minimum absolute atomic E-state index is 0.00278. The monoisotopic (exact) mass is 657 g/mol. The van der Waals surface area contributed by atoms with Crippen molar-refractivity contribution in [1.82, 2.24) is 5.32 Å². The Labute approximate surface area is 179 Å². The fourth-order valence-corrected chi connectivity index (χ4v) is 4.44. The quantitative estimate of drug-likeness (QED) is 0.171. The maximum absolute atomic E-state index is 12.3. The Balaban J connectivity index is 2.37. The van der Waals surface area contributed by atoms with Crippen molar-refractivity contribution in [2.24, 2.45) is 0 Å². The van der Waals surface area contributed by atoms with Crippen LogP contribution in [0.1, 0.15) is 43.5 Å². The molecule has 0 spiro atoms. The summed E-state index contributed by atoms with van der Waals surface area (Å²) in [5, 5.41) is 3.00. The third-order valence-corrected chi connectivity index (χ3v) is 6.76. The fraction of sp³-hybridized carbons (Fsp3) is 0.562. The molecule has 0 aliphatic rings. The van der Waals surface area contributed by atoms with Crippen molar-refractivity contribution in [3.8, 4) is 0 Å². The Morgan fingerprint density at radius 1 is 1.13 bits per heavy atom. The van der Waals surface area contributed by atoms with E-state index >= 15 is 0 Å². The van der Waals surface area contributed by atoms with Gasteiger partial charge >= 0.3 is 0 Å². The van der Waals surface area contributed by atoms with Gasteiger partial charge in [-0.15, -0.1) is 0 Å². The highest BCUT2D eigenvalue weighted by Gasteiger charge is 2.13. The summed E-state index contributed by atoms with van der Waals surface area (Å²) in [6.07, 6.45) is 2.61. The smallest absolute Gasteiger partial charge is 0.252 e. The third kappa shape index (κ3) is 8.15. The summed E-state index contributed by atoms with van der Waals surface area (Å²) in [6, 6.07) is 4.00. The zero-order valence-electron chi connectivity index (χ0n) is 13.3. The minimum atomic E-state index is -0.126. The number of hydrogen-bond acceptors (Lipinski definition) is 3. The molecule has 1 aromatic carbocycles. The van der Waals surface area contributed by atoms with Crippen LogP contribution in [0.2, 0.25) is 0 Å². The van der Waals surface area contributed by atoms with E-state index in [1.165, 1.54) is 0 Å². The molecule has 7 heteroatoms. The lowest BCUT2D eigenvalue weighted by molar-refractivity contribution is -0.140. The molecule has 0 aromatic heterocycles. The summed E-state index contributed by atoms with van der Waals surface area (Å²) in [7, 11) is 0. The number of carbonyl (C=O) groups excluding carboxylic acids is 1. The highest BCUT2D eigenvalue weighted by Crippen LogP contribution is 2.22. The van der Waals surface area contributed by atoms with Crippen LogP contribution >= 0.6 is 67.8 Å². The summed E-state index contributed by atoms with van der Waals surface area (Å²) in [5.74, 6) is -0.00278. The van der Waals surface area contributed by atoms with E-state index in [-0.39, 0.29) is 12.2 Å². The molecule has 1 amide bonds. The molecular formula is C16H22I3NO3. The van der Waals surface area contributed by atoms with Gasteiger partial charge in [0.05, 0.1) is 5.56 Å². The normalized spacial score (nSPS) is 11.0. The Kier molecular flexibility index (Phi) is 11.6. The first-order chi connectivity index (χ1) is 11.0. The lowest BCUT2D eigenvalue weighted by Crippen LogP contribution is -2.26. The van der Waals surface area contributed by atoms with Crippen LogP contribution in [0.5, 0.6) is 0 Å². The topological polar surface area (TPSA) is 47.6 Å². The maximum atomic E-state index is 12.3. The van der Waals surface area contributed by atoms with Crippen LogP contribution in [0.4, 0.5) is 0 Å². The summed E-state index contributed by atoms with van der Waals surface area (Å²) < 4.78 is 14.2. The zero-order valence-corrected chi connectivity index (χ0v) is 19.8. The molecule has 0 atom stereocenters. The SMILES string of the molecule is CCOC(CCCCNC(=O)c1cc(I)cc(I)c1I)OCC. The highest BCUT2D eigenvalue weighted by molar-refractivity contribution is 14.1. The molecule has 130 valence electrons. The number of amides is 1. The van der Waals surface area contributed by atoms with Gasteiger partial charge < -0.3 is 14.8 Å². The molecule has 0 bridgehead atoms. The van der Waals surface area contributed by atoms with Gasteiger partial charge in [0.15, 0.2) is 6.29 Å². The van der Waals surface area contributed by atoms with Crippen LogP contribution in [0.15, 0.2) is 12.1 Å². The second kappa shape index (κ2) is 12.2. The van der Waals surface area contributed by atoms with Crippen LogP contribution in [-0.2, 0) is 9.47 Å². The van der Waals surface area contributed by atoms with Gasteiger partial charge in [-0.2, -0.15) is 0 Å². The number of nitrogens with one attached hydrogen (secondary N) is 1. The van der Waals surface area contributed by atoms with Gasteiger partial charge in [-0.05, 0) is 113 Å². The zero-order chi connectivity index (χ0) is 17.2. The van der Waals surface area contributed by atoms with Gasteiger partial charge in [-0.3, -0.25) is 4.79 Å². The number of rotatable bonds is 10. The molecule has 0 saturated carbocycles. The van der Waals surface area contributed by atoms with E-state index < -0.39 is 0 Å². The van der Waals surface area contributed by atoms with Crippen molar-refractivity contribution in [2.45, 2.75) is 39.4 Å². The summed E-state index contributed by atoms with van der Waals surface area (Å²) in [5.41, 5.74) is 0.753. The molecular weight excluding hydrogens is 635 g/mol. The predicted octanol–water partition coefficient (Wildman–Crippen LogP) is 4.80. The molecule has 4 nitrogen and oxygen atoms in total. The molecule has 0 fully saturated rings. The Morgan fingerprint density at radius 2 is 1.78 bits per heavy atom. The van der Waals surface area contributed by atoms with Gasteiger partial charge in [0, 0.05) is 30.5 Å². The van der Waals surface area contributed by atoms with Crippen molar-refractivity contribution >= 4 is 73.7 Å². The molecule has 0 aliphatic heterocycles. The van der Waals surface area contributed by atoms with Crippen molar-refractivity contribution in [2.75, 3.05) is 19.8 Å². The van der Waals surface area contributed by atoms with Gasteiger partial charge in [0.1, 0.15) is 0 Å². The Hall–Kier alpha value is 0.800. The molecule has 23 heavy (non-hydrogen) atoms. The number of halogens is 3. The Bertz CT molecular complexity index is 506. The van der Waals surface area contributed by atoms with E-state index in [2.05, 4.69) is 79.2 Å². The van der Waals surface area contributed by atoms with E-state index in [1.54, 1.807) is 0 Å². The first kappa shape index (κ1) is 21.8. The Morgan fingerprint density at radius 3 is 2.39 bits per heavy atom. The average molecular weight is 657 g/mol. The second-order valence-corrected chi connectivity index (χ2v) is 8.33. The van der Waals surface area contributed by atoms with Gasteiger partial charge in [-0.25, -0.2) is 0 Å². The fourth-order valence-electron chi connectivity index (χ4n) is 2.04. The van der Waals surface area contributed by atoms with Crippen LogP contribution in [-0.4, -0.2) is 32.0 Å². The minimum Gasteiger partial charge on any atom is -0.353 e. The van der Waals surface area contributed by atoms with E-state index in [9.17, 15) is 4.79 Å². The molecule has 1 N–H and O–H groups in total. The van der Waals surface area contributed by atoms with E-state index in [1.807, 2.05) is 19.9 Å². The highest BCUT2D eigenvalue weighted by atomic mass is 127. The molecule has 0 unspecified atom stereocenters. The summed E-state index contributed by atoms with van der Waals surface area (Å²) in [4.78, 5) is 12.3. The van der Waals surface area contributed by atoms with Gasteiger partial charge in [0.25, 0.3) is 5.91 Å². The molecule has 1 rings (SSSR count). The molecule has 0 aliphatic carbocycles. The molecule has 0 radical (unpaired) electrons. The third-order valence-electron chi connectivity index (χ3n) is 3.09. The summed E-state index contributed by atoms with van der Waals surface area (Å²) in [6.45, 7) is 5.92. The lowest BCUT2D eigenvalue weighted by atomic mass is 10.2. The molecule has 0 heterocycles. The van der Waals surface area contributed by atoms with E-state index in [0.29, 0.717) is 19.8 Å². The predicted molar refractivity (Wildman–Crippen MR) is 118 cm³/mol. The standard InChI is InChI=1S/C16H22I3NO3/c1-3-22-14(23-4-2)7-5-6-8-20-16(21)12-9-11(17)10-13(18)15(12)19/h9-10,14H,3-8H2,1-2H3,(H,20,21). The number of carbonyl (C=O) groups is 1. The van der Waals surface area contributed by atoms with E-state index in [4.69, 9.17) is 9.47 Å². The molecule has 1 aromatic rings. The van der Waals surface area contributed by atoms with Gasteiger partial charge in [0.2, 0.25) is 0 Å². The number of unbranched alkanes of at least 4 members (excludes halogenated alkanes) is 1. The molecule has 0 saturated heterocycles. The van der Waals surface area contributed by atoms with Crippen LogP contribution < -0.4 is 5.32 Å². The van der Waals surface area contributed by atoms with Crippen molar-refractivity contribution in [3.63, 3.8) is 0 Å². The van der Waals surface area contributed by atoms with Crippen LogP contribution in [0.3, 0.4) is 0 Å². The number of ether oxygens (including phenoxy) is 2. The van der Waals surface area contributed by atoms with Crippen LogP contribution in [0.25, 0.3) is 0 Å². The first-order valence-electron chi connectivity index (χ1n) is 7.65. The second-order valence-electron chi connectivity index (χ2n) is 4.84. The summed E-state index contributed by atoms with van der Waals surface area (Å²) >= 11 is 6.73. The van der Waals surface area contributed by atoms with Gasteiger partial charge in [-0.1, -0.05) is 0 Å². The van der Waals surface area contributed by atoms with E-state index in [0.717, 1.165) is 35.5 Å². The largest absolute Gasteiger partial charge is 0.353 e. The first-order valence-corrected chi connectivity index (χ1v) is 10.9. The average Bonchev–Trinajstić information content (AvgIpc) is 2.50. The van der Waals surface area contributed by atoms with Crippen molar-refractivity contribution in [1.29, 1.82) is 0 Å². The number of hydrogen-bond donors (Lipinski definition) is 1. The lowest BCUT2D eigenvalue weighted by Gasteiger charge is -2.16.